The van der Waals surface area contributed by atoms with E-state index in [2.05, 4.69) is 48.5 Å². The average molecular weight is 1040 g/mol. The molecule has 2 rings (SSSR count). The summed E-state index contributed by atoms with van der Waals surface area (Å²) in [5.41, 5.74) is 23.2. The monoisotopic (exact) mass is 1040 g/mol. The van der Waals surface area contributed by atoms with E-state index < -0.39 is 120 Å². The Morgan fingerprint density at radius 1 is 0.784 bits per heavy atom. The number of carbonyl (C=O) groups excluding carboxylic acids is 7. The number of carbonyl (C=O) groups is 9. The number of benzene rings is 1. The van der Waals surface area contributed by atoms with Crippen LogP contribution in [0.15, 0.2) is 76.4 Å². The van der Waals surface area contributed by atoms with Gasteiger partial charge in [0.25, 0.3) is 5.91 Å². The van der Waals surface area contributed by atoms with Gasteiger partial charge in [0, 0.05) is 39.6 Å². The number of ether oxygens (including phenoxy) is 1. The average Bonchev–Trinajstić information content (AvgIpc) is 3.34. The van der Waals surface area contributed by atoms with Gasteiger partial charge in [-0.15, -0.1) is 0 Å². The molecule has 0 aromatic heterocycles. The van der Waals surface area contributed by atoms with Crippen LogP contribution in [0.2, 0.25) is 0 Å². The second-order valence-corrected chi connectivity index (χ2v) is 18.1. The quantitative estimate of drug-likeness (QED) is 0.0281. The van der Waals surface area contributed by atoms with Crippen LogP contribution in [0.5, 0.6) is 0 Å². The van der Waals surface area contributed by atoms with Crippen LogP contribution < -0.4 is 54.8 Å². The Morgan fingerprint density at radius 3 is 1.85 bits per heavy atom. The van der Waals surface area contributed by atoms with Crippen molar-refractivity contribution in [2.75, 3.05) is 27.2 Å². The Balaban J connectivity index is 2.74. The summed E-state index contributed by atoms with van der Waals surface area (Å²) in [6, 6.07) is 0.633. The molecule has 25 heteroatoms. The molecule has 0 bridgehead atoms. The zero-order chi connectivity index (χ0) is 55.8. The fraction of sp³-hybridized carbons (Fsp3) is 0.531. The number of allylic oxidation sites excluding steroid dienone is 2. The summed E-state index contributed by atoms with van der Waals surface area (Å²) in [5, 5.41) is 35.4. The molecule has 408 valence electrons. The summed E-state index contributed by atoms with van der Waals surface area (Å²) < 4.78 is 5.81. The molecular formula is C49H75N13O12. The molecule has 7 amide bonds. The molecule has 1 heterocycles. The lowest BCUT2D eigenvalue weighted by atomic mass is 9.94. The number of rotatable bonds is 17. The minimum Gasteiger partial charge on any atom is -0.480 e. The third kappa shape index (κ3) is 21.1. The van der Waals surface area contributed by atoms with Crippen LogP contribution in [-0.4, -0.2) is 150 Å². The summed E-state index contributed by atoms with van der Waals surface area (Å²) in [6.07, 6.45) is 4.40. The summed E-state index contributed by atoms with van der Waals surface area (Å²) in [7, 11) is 2.80. The highest BCUT2D eigenvalue weighted by molar-refractivity contribution is 6.00. The molecule has 0 radical (unpaired) electrons. The number of aliphatic carboxylic acids is 2. The number of guanidine groups is 2. The molecule has 3 unspecified atom stereocenters. The Bertz CT molecular complexity index is 2280. The number of methoxy groups -OCH3 is 1. The summed E-state index contributed by atoms with van der Waals surface area (Å²) in [6.45, 7) is 11.2. The number of amides is 7. The smallest absolute Gasteiger partial charge is 0.327 e. The van der Waals surface area contributed by atoms with Crippen molar-refractivity contribution in [3.8, 4) is 0 Å². The first-order valence-corrected chi connectivity index (χ1v) is 24.1. The van der Waals surface area contributed by atoms with Gasteiger partial charge in [-0.25, -0.2) is 9.59 Å². The van der Waals surface area contributed by atoms with Crippen molar-refractivity contribution >= 4 is 65.2 Å². The second kappa shape index (κ2) is 30.9. The highest BCUT2D eigenvalue weighted by Gasteiger charge is 2.37. The maximum absolute atomic E-state index is 14.4. The van der Waals surface area contributed by atoms with Gasteiger partial charge >= 0.3 is 11.9 Å². The van der Waals surface area contributed by atoms with E-state index in [1.54, 1.807) is 20.1 Å². The normalized spacial score (nSPS) is 24.6. The third-order valence-corrected chi connectivity index (χ3v) is 12.2. The van der Waals surface area contributed by atoms with E-state index in [4.69, 9.17) is 27.7 Å². The standard InChI is InChI=1S/C49H75N13O12/c1-26(24-27(2)37(74-8)25-32-14-10-9-11-15-32)18-19-33-28(3)40(64)60-36(46(70)71)20-21-38(63)62(7)31(6)43(67)56-30(5)42(66)59-35(17-13-23-55-49(52)53)45(69)61-39(47(72)73)29(4)41(65)58-34(44(68)57-33)16-12-22-54-48(50)51/h9-11,14-15,18-19,24,27-30,33-37,39H,6,12-13,16-17,20-23,25H2,1-5,7-8H3,(H,56,67)(H,57,68)(H,58,65)(H,59,66)(H,60,64)(H,61,69)(H,70,71)(H,72,73)(H4,50,51,54)(H4,52,53,55)/b19-18+,26-24+/t27-,28-,29-,30+,33?,34?,35-,36+,37-,39?/m0/s1. The van der Waals surface area contributed by atoms with Crippen LogP contribution >= 0.6 is 0 Å². The van der Waals surface area contributed by atoms with Gasteiger partial charge < -0.3 is 74.7 Å². The van der Waals surface area contributed by atoms with E-state index in [1.807, 2.05) is 43.3 Å². The molecular weight excluding hydrogens is 963 g/mol. The van der Waals surface area contributed by atoms with Gasteiger partial charge in [-0.05, 0) is 57.9 Å². The van der Waals surface area contributed by atoms with Gasteiger partial charge in [0.2, 0.25) is 35.4 Å². The number of nitrogens with one attached hydrogen (secondary N) is 6. The van der Waals surface area contributed by atoms with Gasteiger partial charge in [0.05, 0.1) is 24.0 Å². The number of nitrogens with two attached hydrogens (primary N) is 4. The van der Waals surface area contributed by atoms with Gasteiger partial charge in [-0.1, -0.05) is 81.5 Å². The van der Waals surface area contributed by atoms with Crippen LogP contribution in [0.1, 0.15) is 78.7 Å². The fourth-order valence-electron chi connectivity index (χ4n) is 7.53. The third-order valence-electron chi connectivity index (χ3n) is 12.2. The molecule has 1 aromatic rings. The zero-order valence-electron chi connectivity index (χ0n) is 43.1. The largest absolute Gasteiger partial charge is 0.480 e. The minimum absolute atomic E-state index is 0.00394. The van der Waals surface area contributed by atoms with E-state index in [0.717, 1.165) is 10.5 Å². The molecule has 10 atom stereocenters. The topological polar surface area (TPSA) is 408 Å². The molecule has 0 saturated carbocycles. The lowest BCUT2D eigenvalue weighted by Gasteiger charge is -2.28. The van der Waals surface area contributed by atoms with Crippen LogP contribution in [0.4, 0.5) is 0 Å². The zero-order valence-corrected chi connectivity index (χ0v) is 43.1. The Morgan fingerprint density at radius 2 is 1.32 bits per heavy atom. The maximum Gasteiger partial charge on any atom is 0.327 e. The van der Waals surface area contributed by atoms with E-state index in [-0.39, 0.29) is 62.7 Å². The van der Waals surface area contributed by atoms with E-state index in [0.29, 0.717) is 12.0 Å². The van der Waals surface area contributed by atoms with E-state index >= 15 is 0 Å². The van der Waals surface area contributed by atoms with Crippen LogP contribution in [0, 0.1) is 17.8 Å². The Kier molecular flexibility index (Phi) is 26.0. The molecule has 25 nitrogen and oxygen atoms in total. The first-order valence-electron chi connectivity index (χ1n) is 24.1. The number of hydrogen-bond donors (Lipinski definition) is 12. The Hall–Kier alpha value is -7.83. The van der Waals surface area contributed by atoms with Gasteiger partial charge in [-0.3, -0.25) is 43.5 Å². The molecule has 0 spiro atoms. The van der Waals surface area contributed by atoms with Crippen molar-refractivity contribution in [2.45, 2.75) is 122 Å². The molecule has 1 saturated heterocycles. The number of nitrogens with zero attached hydrogens (tertiary/aromatic N) is 3. The summed E-state index contributed by atoms with van der Waals surface area (Å²) >= 11 is 0. The van der Waals surface area contributed by atoms with E-state index in [1.165, 1.54) is 33.9 Å². The minimum atomic E-state index is -1.95. The highest BCUT2D eigenvalue weighted by atomic mass is 16.5. The first kappa shape index (κ1) is 62.3. The molecule has 1 aromatic carbocycles. The van der Waals surface area contributed by atoms with Crippen molar-refractivity contribution in [3.05, 3.63) is 72.0 Å². The molecule has 1 aliphatic rings. The summed E-state index contributed by atoms with van der Waals surface area (Å²) in [5.74, 6) is -13.1. The summed E-state index contributed by atoms with van der Waals surface area (Å²) in [4.78, 5) is 130. The molecule has 1 fully saturated rings. The number of likely N-dealkylation sites (N-methyl/N-ethyl adjacent to an activating group) is 1. The molecule has 16 N–H and O–H groups in total. The van der Waals surface area contributed by atoms with E-state index in [9.17, 15) is 53.4 Å². The Labute approximate surface area is 430 Å². The van der Waals surface area contributed by atoms with Gasteiger partial charge in [0.1, 0.15) is 35.9 Å². The van der Waals surface area contributed by atoms with Crippen LogP contribution in [-0.2, 0) is 54.3 Å². The second-order valence-electron chi connectivity index (χ2n) is 18.1. The molecule has 74 heavy (non-hydrogen) atoms. The maximum atomic E-state index is 14.4. The lowest BCUT2D eigenvalue weighted by molar-refractivity contribution is -0.146. The van der Waals surface area contributed by atoms with Crippen molar-refractivity contribution in [1.82, 2.24) is 36.8 Å². The van der Waals surface area contributed by atoms with Crippen molar-refractivity contribution in [2.24, 2.45) is 50.7 Å². The highest BCUT2D eigenvalue weighted by Crippen LogP contribution is 2.19. The van der Waals surface area contributed by atoms with Crippen LogP contribution in [0.25, 0.3) is 0 Å². The molecule has 1 aliphatic heterocycles. The van der Waals surface area contributed by atoms with Crippen molar-refractivity contribution < 1.29 is 58.1 Å². The van der Waals surface area contributed by atoms with Crippen molar-refractivity contribution in [3.63, 3.8) is 0 Å². The van der Waals surface area contributed by atoms with Crippen LogP contribution in [0.3, 0.4) is 0 Å². The van der Waals surface area contributed by atoms with Gasteiger partial charge in [-0.2, -0.15) is 0 Å². The molecule has 0 aliphatic carbocycles. The predicted molar refractivity (Wildman–Crippen MR) is 275 cm³/mol. The number of carboxylic acids is 2. The number of aliphatic imine (C=N–C) groups is 2. The first-order chi connectivity index (χ1) is 34.8. The SMILES string of the molecule is C=C1C(=O)N[C@H](C)C(=O)N[C@@H](CCCN=C(N)N)C(=O)NC(C(=O)O)[C@H](C)C(=O)NC(CCCN=C(N)N)C(=O)NC(/C=C/C(C)=C/[C@H](C)[C@H](Cc2ccccc2)OC)[C@H](C)C(=O)N[C@@H](C(=O)O)CCC(=O)N1C. The fourth-order valence-corrected chi connectivity index (χ4v) is 7.53. The number of hydrogen-bond acceptors (Lipinski definition) is 12. The predicted octanol–water partition coefficient (Wildman–Crippen LogP) is -1.37. The number of carboxylic acid groups (broad SMARTS) is 2. The van der Waals surface area contributed by atoms with Crippen molar-refractivity contribution in [1.29, 1.82) is 0 Å². The lowest BCUT2D eigenvalue weighted by Crippen LogP contribution is -2.59. The van der Waals surface area contributed by atoms with Gasteiger partial charge in [0.15, 0.2) is 11.9 Å².